The van der Waals surface area contributed by atoms with E-state index in [-0.39, 0.29) is 17.0 Å². The van der Waals surface area contributed by atoms with Crippen LogP contribution in [0.15, 0.2) is 48.5 Å². The molecule has 2 aromatic carbocycles. The monoisotopic (exact) mass is 373 g/mol. The Morgan fingerprint density at radius 3 is 2.42 bits per heavy atom. The minimum atomic E-state index is -1.42. The Morgan fingerprint density at radius 2 is 1.81 bits per heavy atom. The molecule has 1 aliphatic rings. The fourth-order valence-corrected chi connectivity index (χ4v) is 3.46. The quantitative estimate of drug-likeness (QED) is 0.449. The van der Waals surface area contributed by atoms with Crippen molar-refractivity contribution in [2.24, 2.45) is 0 Å². The molecule has 1 atom stereocenters. The molecule has 0 bridgehead atoms. The first-order chi connectivity index (χ1) is 12.4. The zero-order valence-electron chi connectivity index (χ0n) is 13.8. The Morgan fingerprint density at radius 1 is 1.12 bits per heavy atom. The second-order valence-electron chi connectivity index (χ2n) is 6.13. The second kappa shape index (κ2) is 7.25. The van der Waals surface area contributed by atoms with Gasteiger partial charge in [-0.3, -0.25) is 14.9 Å². The van der Waals surface area contributed by atoms with Gasteiger partial charge in [0, 0.05) is 29.1 Å². The molecule has 7 heteroatoms. The van der Waals surface area contributed by atoms with E-state index < -0.39 is 16.5 Å². The number of carbonyl (C=O) groups excluding carboxylic acids is 2. The van der Waals surface area contributed by atoms with Gasteiger partial charge in [-0.1, -0.05) is 29.8 Å². The number of non-ortho nitro benzene ring substituents is 1. The van der Waals surface area contributed by atoms with Crippen LogP contribution in [0.2, 0.25) is 5.02 Å². The van der Waals surface area contributed by atoms with E-state index in [2.05, 4.69) is 0 Å². The molecule has 0 heterocycles. The first kappa shape index (κ1) is 18.1. The van der Waals surface area contributed by atoms with Crippen LogP contribution in [0.1, 0.15) is 41.6 Å². The number of hydrogen-bond acceptors (Lipinski definition) is 5. The lowest BCUT2D eigenvalue weighted by atomic mass is 9.78. The van der Waals surface area contributed by atoms with Gasteiger partial charge in [0.15, 0.2) is 11.4 Å². The van der Waals surface area contributed by atoms with Gasteiger partial charge in [0.1, 0.15) is 0 Å². The van der Waals surface area contributed by atoms with Crippen LogP contribution in [0.25, 0.3) is 0 Å². The van der Waals surface area contributed by atoms with E-state index in [1.807, 2.05) is 0 Å². The highest BCUT2D eigenvalue weighted by atomic mass is 35.5. The van der Waals surface area contributed by atoms with Gasteiger partial charge in [-0.2, -0.15) is 0 Å². The normalized spacial score (nSPS) is 19.8. The first-order valence-electron chi connectivity index (χ1n) is 8.20. The van der Waals surface area contributed by atoms with Crippen molar-refractivity contribution in [1.29, 1.82) is 0 Å². The van der Waals surface area contributed by atoms with Gasteiger partial charge >= 0.3 is 5.97 Å². The van der Waals surface area contributed by atoms with Crippen LogP contribution in [0.3, 0.4) is 0 Å². The molecule has 1 aliphatic carbocycles. The number of rotatable bonds is 4. The summed E-state index contributed by atoms with van der Waals surface area (Å²) in [6.07, 6.45) is 2.12. The predicted octanol–water partition coefficient (Wildman–Crippen LogP) is 4.44. The Bertz CT molecular complexity index is 864. The maximum atomic E-state index is 12.8. The van der Waals surface area contributed by atoms with E-state index in [0.717, 1.165) is 12.8 Å². The zero-order chi connectivity index (χ0) is 18.7. The number of nitro groups is 1. The van der Waals surface area contributed by atoms with Crippen molar-refractivity contribution < 1.29 is 19.2 Å². The van der Waals surface area contributed by atoms with Crippen molar-refractivity contribution in [2.45, 2.75) is 31.3 Å². The summed E-state index contributed by atoms with van der Waals surface area (Å²) in [6, 6.07) is 11.9. The standard InChI is InChI=1S/C19H16ClNO5/c20-16-6-2-1-5-15(16)19(12-4-3-7-17(19)22)26-18(23)13-8-10-14(11-9-13)21(24)25/h1-2,5-6,8-11H,3-4,7,12H2. The summed E-state index contributed by atoms with van der Waals surface area (Å²) in [4.78, 5) is 35.6. The number of esters is 1. The van der Waals surface area contributed by atoms with Gasteiger partial charge in [-0.15, -0.1) is 0 Å². The highest BCUT2D eigenvalue weighted by molar-refractivity contribution is 6.31. The number of nitrogens with zero attached hydrogens (tertiary/aromatic N) is 1. The molecule has 26 heavy (non-hydrogen) atoms. The molecule has 1 unspecified atom stereocenters. The lowest BCUT2D eigenvalue weighted by Gasteiger charge is -2.36. The minimum absolute atomic E-state index is 0.129. The molecule has 0 spiro atoms. The van der Waals surface area contributed by atoms with Crippen LogP contribution >= 0.6 is 11.6 Å². The highest BCUT2D eigenvalue weighted by Crippen LogP contribution is 2.41. The number of carbonyl (C=O) groups is 2. The van der Waals surface area contributed by atoms with Crippen molar-refractivity contribution in [3.63, 3.8) is 0 Å². The third-order valence-electron chi connectivity index (χ3n) is 4.52. The minimum Gasteiger partial charge on any atom is -0.442 e. The lowest BCUT2D eigenvalue weighted by molar-refractivity contribution is -0.384. The lowest BCUT2D eigenvalue weighted by Crippen LogP contribution is -2.43. The maximum Gasteiger partial charge on any atom is 0.339 e. The molecule has 1 fully saturated rings. The topological polar surface area (TPSA) is 86.5 Å². The Hall–Kier alpha value is -2.73. The molecule has 1 saturated carbocycles. The van der Waals surface area contributed by atoms with Crippen molar-refractivity contribution in [1.82, 2.24) is 0 Å². The summed E-state index contributed by atoms with van der Waals surface area (Å²) in [5, 5.41) is 11.1. The number of hydrogen-bond donors (Lipinski definition) is 0. The molecule has 134 valence electrons. The SMILES string of the molecule is O=C(OC1(c2ccccc2Cl)CCCCC1=O)c1ccc([N+](=O)[O-])cc1. The highest BCUT2D eigenvalue weighted by Gasteiger charge is 2.46. The van der Waals surface area contributed by atoms with Crippen molar-refractivity contribution in [2.75, 3.05) is 0 Å². The van der Waals surface area contributed by atoms with E-state index in [9.17, 15) is 19.7 Å². The third kappa shape index (κ3) is 3.32. The van der Waals surface area contributed by atoms with Gasteiger partial charge in [0.2, 0.25) is 0 Å². The van der Waals surface area contributed by atoms with Crippen LogP contribution in [-0.2, 0) is 15.1 Å². The zero-order valence-corrected chi connectivity index (χ0v) is 14.6. The maximum absolute atomic E-state index is 12.8. The average molecular weight is 374 g/mol. The molecular weight excluding hydrogens is 358 g/mol. The largest absolute Gasteiger partial charge is 0.442 e. The van der Waals surface area contributed by atoms with Gasteiger partial charge in [0.05, 0.1) is 10.5 Å². The summed E-state index contributed by atoms with van der Waals surface area (Å²) in [5.41, 5.74) is -0.937. The van der Waals surface area contributed by atoms with Gasteiger partial charge < -0.3 is 4.74 Å². The molecular formula is C19H16ClNO5. The Kier molecular flexibility index (Phi) is 5.04. The van der Waals surface area contributed by atoms with Crippen molar-refractivity contribution >= 4 is 29.0 Å². The second-order valence-corrected chi connectivity index (χ2v) is 6.54. The molecule has 0 amide bonds. The summed E-state index contributed by atoms with van der Waals surface area (Å²) in [5.74, 6) is -0.901. The fourth-order valence-electron chi connectivity index (χ4n) is 3.17. The molecule has 3 rings (SSSR count). The molecule has 2 aromatic rings. The summed E-state index contributed by atoms with van der Waals surface area (Å²) >= 11 is 6.28. The number of ether oxygens (including phenoxy) is 1. The number of halogens is 1. The van der Waals surface area contributed by atoms with E-state index in [1.165, 1.54) is 24.3 Å². The van der Waals surface area contributed by atoms with Crippen LogP contribution in [0.5, 0.6) is 0 Å². The average Bonchev–Trinajstić information content (AvgIpc) is 2.64. The molecule has 0 N–H and O–H groups in total. The number of nitro benzene ring substituents is 1. The van der Waals surface area contributed by atoms with Gasteiger partial charge in [-0.25, -0.2) is 4.79 Å². The van der Waals surface area contributed by atoms with Crippen LogP contribution < -0.4 is 0 Å². The van der Waals surface area contributed by atoms with E-state index >= 15 is 0 Å². The summed E-state index contributed by atoms with van der Waals surface area (Å²) in [6.45, 7) is 0. The Labute approximate surface area is 154 Å². The first-order valence-corrected chi connectivity index (χ1v) is 8.58. The third-order valence-corrected chi connectivity index (χ3v) is 4.85. The van der Waals surface area contributed by atoms with Crippen molar-refractivity contribution in [3.8, 4) is 0 Å². The molecule has 0 aliphatic heterocycles. The number of Topliss-reactive ketones (excluding diaryl/α,β-unsaturated/α-hetero) is 1. The van der Waals surface area contributed by atoms with Crippen molar-refractivity contribution in [3.05, 3.63) is 74.8 Å². The predicted molar refractivity (Wildman–Crippen MR) is 95.1 cm³/mol. The van der Waals surface area contributed by atoms with E-state index in [4.69, 9.17) is 16.3 Å². The molecule has 0 radical (unpaired) electrons. The molecule has 0 aromatic heterocycles. The summed E-state index contributed by atoms with van der Waals surface area (Å²) < 4.78 is 5.70. The van der Waals surface area contributed by atoms with Gasteiger partial charge in [-0.05, 0) is 37.5 Å². The van der Waals surface area contributed by atoms with Crippen LogP contribution in [0.4, 0.5) is 5.69 Å². The Balaban J connectivity index is 1.96. The van der Waals surface area contributed by atoms with Crippen LogP contribution in [-0.4, -0.2) is 16.7 Å². The number of benzene rings is 2. The van der Waals surface area contributed by atoms with E-state index in [1.54, 1.807) is 24.3 Å². The molecule has 0 saturated heterocycles. The van der Waals surface area contributed by atoms with Crippen LogP contribution in [0, 0.1) is 10.1 Å². The van der Waals surface area contributed by atoms with E-state index in [0.29, 0.717) is 23.4 Å². The summed E-state index contributed by atoms with van der Waals surface area (Å²) in [7, 11) is 0. The molecule has 6 nitrogen and oxygen atoms in total. The number of ketones is 1. The van der Waals surface area contributed by atoms with Gasteiger partial charge in [0.25, 0.3) is 5.69 Å². The smallest absolute Gasteiger partial charge is 0.339 e. The fraction of sp³-hybridized carbons (Fsp3) is 0.263.